The molecule has 7 nitrogen and oxygen atoms in total. The lowest BCUT2D eigenvalue weighted by atomic mass is 10.1. The molecule has 0 saturated carbocycles. The highest BCUT2D eigenvalue weighted by atomic mass is 32.2. The number of anilines is 2. The molecule has 0 spiro atoms. The number of Topliss-reactive ketones (excluding diaryl/α,β-unsaturated/α-hetero) is 1. The fourth-order valence-corrected chi connectivity index (χ4v) is 4.25. The first-order chi connectivity index (χ1) is 12.7. The van der Waals surface area contributed by atoms with Crippen molar-refractivity contribution < 1.29 is 22.8 Å². The first kappa shape index (κ1) is 18.8. The number of amides is 2. The van der Waals surface area contributed by atoms with Crippen LogP contribution in [-0.4, -0.2) is 31.8 Å². The lowest BCUT2D eigenvalue weighted by molar-refractivity contribution is -0.116. The first-order valence-corrected chi connectivity index (χ1v) is 9.89. The SMILES string of the molecule is CC(=O)c1ccc(C)c(NC(=O)c2ccc(N3C(=O)CCS3(=O)=O)cc2)c1. The molecule has 2 aromatic rings. The smallest absolute Gasteiger partial charge is 0.255 e. The van der Waals surface area contributed by atoms with Gasteiger partial charge in [0.15, 0.2) is 5.78 Å². The second kappa shape index (κ2) is 6.96. The van der Waals surface area contributed by atoms with E-state index >= 15 is 0 Å². The molecule has 0 aromatic heterocycles. The third-order valence-electron chi connectivity index (χ3n) is 4.33. The third-order valence-corrected chi connectivity index (χ3v) is 6.03. The van der Waals surface area contributed by atoms with Crippen LogP contribution in [0.5, 0.6) is 0 Å². The van der Waals surface area contributed by atoms with Gasteiger partial charge in [0.2, 0.25) is 15.9 Å². The Bertz CT molecular complexity index is 1040. The molecule has 0 atom stereocenters. The van der Waals surface area contributed by atoms with Crippen LogP contribution in [0.25, 0.3) is 0 Å². The van der Waals surface area contributed by atoms with E-state index in [0.29, 0.717) is 16.8 Å². The van der Waals surface area contributed by atoms with Crippen LogP contribution >= 0.6 is 0 Å². The minimum Gasteiger partial charge on any atom is -0.322 e. The highest BCUT2D eigenvalue weighted by molar-refractivity contribution is 7.94. The Morgan fingerprint density at radius 2 is 1.67 bits per heavy atom. The predicted molar refractivity (Wildman–Crippen MR) is 101 cm³/mol. The molecule has 8 heteroatoms. The molecule has 0 bridgehead atoms. The Labute approximate surface area is 157 Å². The van der Waals surface area contributed by atoms with Gasteiger partial charge >= 0.3 is 0 Å². The van der Waals surface area contributed by atoms with Gasteiger partial charge in [-0.05, 0) is 49.7 Å². The number of nitrogens with one attached hydrogen (secondary N) is 1. The highest BCUT2D eigenvalue weighted by Crippen LogP contribution is 2.26. The summed E-state index contributed by atoms with van der Waals surface area (Å²) < 4.78 is 24.7. The van der Waals surface area contributed by atoms with Gasteiger partial charge in [-0.1, -0.05) is 12.1 Å². The van der Waals surface area contributed by atoms with E-state index in [2.05, 4.69) is 5.32 Å². The zero-order chi connectivity index (χ0) is 19.8. The van der Waals surface area contributed by atoms with Crippen molar-refractivity contribution in [3.8, 4) is 0 Å². The van der Waals surface area contributed by atoms with Gasteiger partial charge < -0.3 is 5.32 Å². The molecule has 1 heterocycles. The second-order valence-electron chi connectivity index (χ2n) is 6.31. The van der Waals surface area contributed by atoms with E-state index in [1.54, 1.807) is 18.2 Å². The maximum Gasteiger partial charge on any atom is 0.255 e. The zero-order valence-electron chi connectivity index (χ0n) is 14.9. The summed E-state index contributed by atoms with van der Waals surface area (Å²) in [6.45, 7) is 3.26. The lowest BCUT2D eigenvalue weighted by Crippen LogP contribution is -2.29. The number of sulfonamides is 1. The number of carbonyl (C=O) groups excluding carboxylic acids is 3. The summed E-state index contributed by atoms with van der Waals surface area (Å²) in [7, 11) is -3.64. The number of carbonyl (C=O) groups is 3. The largest absolute Gasteiger partial charge is 0.322 e. The molecule has 0 unspecified atom stereocenters. The molecule has 1 N–H and O–H groups in total. The van der Waals surface area contributed by atoms with E-state index in [0.717, 1.165) is 9.87 Å². The Morgan fingerprint density at radius 3 is 2.22 bits per heavy atom. The molecule has 0 aliphatic carbocycles. The minimum atomic E-state index is -3.64. The van der Waals surface area contributed by atoms with Crippen molar-refractivity contribution in [3.05, 3.63) is 59.2 Å². The highest BCUT2D eigenvalue weighted by Gasteiger charge is 2.36. The van der Waals surface area contributed by atoms with Gasteiger partial charge in [-0.25, -0.2) is 12.7 Å². The number of hydrogen-bond donors (Lipinski definition) is 1. The fraction of sp³-hybridized carbons (Fsp3) is 0.211. The molecule has 2 amide bonds. The Morgan fingerprint density at radius 1 is 1.04 bits per heavy atom. The molecule has 3 rings (SSSR count). The van der Waals surface area contributed by atoms with E-state index in [1.807, 2.05) is 6.92 Å². The van der Waals surface area contributed by atoms with Crippen LogP contribution in [-0.2, 0) is 14.8 Å². The maximum absolute atomic E-state index is 12.5. The molecule has 1 saturated heterocycles. The van der Waals surface area contributed by atoms with Gasteiger partial charge in [-0.3, -0.25) is 14.4 Å². The third kappa shape index (κ3) is 3.75. The summed E-state index contributed by atoms with van der Waals surface area (Å²) in [6.07, 6.45) is -0.0453. The van der Waals surface area contributed by atoms with Crippen LogP contribution in [0.4, 0.5) is 11.4 Å². The lowest BCUT2D eigenvalue weighted by Gasteiger charge is -2.15. The van der Waals surface area contributed by atoms with E-state index in [9.17, 15) is 22.8 Å². The number of ketones is 1. The van der Waals surface area contributed by atoms with Crippen molar-refractivity contribution in [1.29, 1.82) is 0 Å². The molecule has 27 heavy (non-hydrogen) atoms. The van der Waals surface area contributed by atoms with E-state index in [4.69, 9.17) is 0 Å². The Hall–Kier alpha value is -3.00. The van der Waals surface area contributed by atoms with E-state index in [-0.39, 0.29) is 23.6 Å². The van der Waals surface area contributed by atoms with Crippen LogP contribution in [0.3, 0.4) is 0 Å². The second-order valence-corrected chi connectivity index (χ2v) is 8.25. The molecular weight excluding hydrogens is 368 g/mol. The number of rotatable bonds is 4. The van der Waals surface area contributed by atoms with Crippen LogP contribution in [0.15, 0.2) is 42.5 Å². The number of benzene rings is 2. The molecule has 1 aliphatic rings. The van der Waals surface area contributed by atoms with E-state index in [1.165, 1.54) is 31.2 Å². The molecular formula is C19H18N2O5S. The summed E-state index contributed by atoms with van der Waals surface area (Å²) in [4.78, 5) is 35.8. The maximum atomic E-state index is 12.5. The summed E-state index contributed by atoms with van der Waals surface area (Å²) in [5.74, 6) is -1.20. The summed E-state index contributed by atoms with van der Waals surface area (Å²) in [5.41, 5.74) is 2.33. The standard InChI is InChI=1S/C19H18N2O5S/c1-12-3-4-15(13(2)22)11-17(12)20-19(24)14-5-7-16(8-6-14)21-18(23)9-10-27(21,25)26/h3-8,11H,9-10H2,1-2H3,(H,20,24). The van der Waals surface area contributed by atoms with Crippen LogP contribution in [0.2, 0.25) is 0 Å². The minimum absolute atomic E-state index is 0.0453. The van der Waals surface area contributed by atoms with Gasteiger partial charge in [-0.15, -0.1) is 0 Å². The van der Waals surface area contributed by atoms with Gasteiger partial charge in [-0.2, -0.15) is 0 Å². The molecule has 1 fully saturated rings. The molecule has 0 radical (unpaired) electrons. The predicted octanol–water partition coefficient (Wildman–Crippen LogP) is 2.52. The summed E-state index contributed by atoms with van der Waals surface area (Å²) in [5, 5.41) is 2.75. The van der Waals surface area contributed by atoms with Gasteiger partial charge in [0.05, 0.1) is 11.4 Å². The molecule has 2 aromatic carbocycles. The first-order valence-electron chi connectivity index (χ1n) is 8.28. The Kier molecular flexibility index (Phi) is 4.84. The van der Waals surface area contributed by atoms with Crippen LogP contribution in [0, 0.1) is 6.92 Å². The normalized spacial score (nSPS) is 15.6. The Balaban J connectivity index is 1.82. The average molecular weight is 386 g/mol. The quantitative estimate of drug-likeness (QED) is 0.814. The van der Waals surface area contributed by atoms with Gasteiger partial charge in [0.1, 0.15) is 0 Å². The number of nitrogens with zero attached hydrogens (tertiary/aromatic N) is 1. The summed E-state index contributed by atoms with van der Waals surface area (Å²) >= 11 is 0. The topological polar surface area (TPSA) is 101 Å². The monoisotopic (exact) mass is 386 g/mol. The van der Waals surface area contributed by atoms with E-state index < -0.39 is 21.8 Å². The average Bonchev–Trinajstić information content (AvgIpc) is 2.89. The van der Waals surface area contributed by atoms with Gasteiger partial charge in [0, 0.05) is 23.2 Å². The zero-order valence-corrected chi connectivity index (χ0v) is 15.7. The van der Waals surface area contributed by atoms with Crippen LogP contribution in [0.1, 0.15) is 39.6 Å². The summed E-state index contributed by atoms with van der Waals surface area (Å²) in [6, 6.07) is 10.8. The van der Waals surface area contributed by atoms with Crippen molar-refractivity contribution in [3.63, 3.8) is 0 Å². The van der Waals surface area contributed by atoms with Crippen molar-refractivity contribution in [1.82, 2.24) is 0 Å². The van der Waals surface area contributed by atoms with Crippen molar-refractivity contribution in [2.45, 2.75) is 20.3 Å². The fourth-order valence-electron chi connectivity index (χ4n) is 2.79. The molecule has 1 aliphatic heterocycles. The number of hydrogen-bond acceptors (Lipinski definition) is 5. The van der Waals surface area contributed by atoms with Crippen molar-refractivity contribution >= 4 is 39.0 Å². The van der Waals surface area contributed by atoms with Crippen molar-refractivity contribution in [2.24, 2.45) is 0 Å². The molecule has 140 valence electrons. The number of aryl methyl sites for hydroxylation is 1. The van der Waals surface area contributed by atoms with Crippen molar-refractivity contribution in [2.75, 3.05) is 15.4 Å². The van der Waals surface area contributed by atoms with Crippen LogP contribution < -0.4 is 9.62 Å². The van der Waals surface area contributed by atoms with Gasteiger partial charge in [0.25, 0.3) is 5.91 Å².